The zero-order valence-electron chi connectivity index (χ0n) is 15.8. The van der Waals surface area contributed by atoms with Gasteiger partial charge in [0.25, 0.3) is 0 Å². The highest BCUT2D eigenvalue weighted by atomic mass is 32.1. The first kappa shape index (κ1) is 19.6. The number of rotatable bonds is 7. The summed E-state index contributed by atoms with van der Waals surface area (Å²) in [6.07, 6.45) is 2.44. The van der Waals surface area contributed by atoms with Gasteiger partial charge in [0.2, 0.25) is 11.8 Å². The normalized spacial score (nSPS) is 14.9. The molecule has 3 rings (SSSR count). The van der Waals surface area contributed by atoms with Gasteiger partial charge >= 0.3 is 0 Å². The first-order chi connectivity index (χ1) is 13.1. The molecule has 144 valence electrons. The van der Waals surface area contributed by atoms with E-state index in [4.69, 9.17) is 0 Å². The Bertz CT molecular complexity index is 735. The first-order valence-electron chi connectivity index (χ1n) is 9.49. The molecule has 1 aromatic carbocycles. The highest BCUT2D eigenvalue weighted by Gasteiger charge is 2.20. The molecule has 2 heterocycles. The number of carbonyl (C=O) groups is 2. The van der Waals surface area contributed by atoms with Crippen molar-refractivity contribution in [3.05, 3.63) is 52.2 Å². The molecule has 2 aromatic rings. The molecule has 0 atom stereocenters. The Morgan fingerprint density at radius 1 is 1.04 bits per heavy atom. The average molecular weight is 386 g/mol. The number of nitrogens with one attached hydrogen (secondary N) is 1. The fourth-order valence-electron chi connectivity index (χ4n) is 3.31. The van der Waals surface area contributed by atoms with E-state index in [0.717, 1.165) is 51.3 Å². The van der Waals surface area contributed by atoms with Gasteiger partial charge in [-0.2, -0.15) is 0 Å². The summed E-state index contributed by atoms with van der Waals surface area (Å²) in [6, 6.07) is 12.2. The van der Waals surface area contributed by atoms with Gasteiger partial charge in [-0.25, -0.2) is 0 Å². The molecule has 1 N–H and O–H groups in total. The summed E-state index contributed by atoms with van der Waals surface area (Å²) in [5.74, 6) is 0.224. The second-order valence-corrected chi connectivity index (χ2v) is 7.96. The largest absolute Gasteiger partial charge is 0.340 e. The monoisotopic (exact) mass is 385 g/mol. The van der Waals surface area contributed by atoms with E-state index in [1.165, 1.54) is 17.4 Å². The van der Waals surface area contributed by atoms with E-state index in [0.29, 0.717) is 6.42 Å². The van der Waals surface area contributed by atoms with Gasteiger partial charge < -0.3 is 10.2 Å². The van der Waals surface area contributed by atoms with Crippen molar-refractivity contribution in [1.29, 1.82) is 0 Å². The molecule has 1 fully saturated rings. The van der Waals surface area contributed by atoms with Crippen LogP contribution in [0.25, 0.3) is 0 Å². The highest BCUT2D eigenvalue weighted by Crippen LogP contribution is 2.14. The number of anilines is 1. The molecule has 0 radical (unpaired) electrons. The van der Waals surface area contributed by atoms with Crippen LogP contribution in [0.5, 0.6) is 0 Å². The number of piperazine rings is 1. The van der Waals surface area contributed by atoms with Gasteiger partial charge in [0.05, 0.1) is 0 Å². The highest BCUT2D eigenvalue weighted by molar-refractivity contribution is 7.09. The number of carbonyl (C=O) groups excluding carboxylic acids is 2. The summed E-state index contributed by atoms with van der Waals surface area (Å²) >= 11 is 1.72. The molecule has 1 aliphatic rings. The fourth-order valence-corrected chi connectivity index (χ4v) is 4.02. The van der Waals surface area contributed by atoms with Crippen LogP contribution in [0.3, 0.4) is 0 Å². The Hall–Kier alpha value is -2.18. The van der Waals surface area contributed by atoms with Crippen LogP contribution in [-0.4, -0.2) is 54.3 Å². The van der Waals surface area contributed by atoms with E-state index in [1.54, 1.807) is 11.3 Å². The standard InChI is InChI=1S/C21H27N3O2S/c1-17(25)22-19-6-4-18(5-7-19)10-11-23-12-14-24(15-13-23)21(26)9-8-20-3-2-16-27-20/h2-7,16H,8-15H2,1H3,(H,22,25). The van der Waals surface area contributed by atoms with E-state index in [9.17, 15) is 9.59 Å². The first-order valence-corrected chi connectivity index (χ1v) is 10.4. The number of hydrogen-bond acceptors (Lipinski definition) is 4. The van der Waals surface area contributed by atoms with Crippen molar-refractivity contribution >= 4 is 28.8 Å². The predicted molar refractivity (Wildman–Crippen MR) is 110 cm³/mol. The minimum absolute atomic E-state index is 0.0504. The van der Waals surface area contributed by atoms with Gasteiger partial charge in [0, 0.05) is 56.6 Å². The maximum Gasteiger partial charge on any atom is 0.223 e. The molecule has 27 heavy (non-hydrogen) atoms. The lowest BCUT2D eigenvalue weighted by molar-refractivity contribution is -0.132. The minimum Gasteiger partial charge on any atom is -0.340 e. The Labute approximate surface area is 165 Å². The molecule has 0 saturated carbocycles. The van der Waals surface area contributed by atoms with E-state index in [2.05, 4.69) is 33.8 Å². The smallest absolute Gasteiger partial charge is 0.223 e. The van der Waals surface area contributed by atoms with Crippen LogP contribution in [0.4, 0.5) is 5.69 Å². The van der Waals surface area contributed by atoms with Crippen molar-refractivity contribution in [3.8, 4) is 0 Å². The van der Waals surface area contributed by atoms with Crippen LogP contribution in [0, 0.1) is 0 Å². The SMILES string of the molecule is CC(=O)Nc1ccc(CCN2CCN(C(=O)CCc3cccs3)CC2)cc1. The second kappa shape index (κ2) is 9.67. The van der Waals surface area contributed by atoms with Crippen LogP contribution < -0.4 is 5.32 Å². The Morgan fingerprint density at radius 3 is 2.41 bits per heavy atom. The number of aryl methyl sites for hydroxylation is 1. The second-order valence-electron chi connectivity index (χ2n) is 6.93. The van der Waals surface area contributed by atoms with E-state index < -0.39 is 0 Å². The van der Waals surface area contributed by atoms with Gasteiger partial charge in [-0.3, -0.25) is 14.5 Å². The lowest BCUT2D eigenvalue weighted by Crippen LogP contribution is -2.49. The summed E-state index contributed by atoms with van der Waals surface area (Å²) < 4.78 is 0. The molecular formula is C21H27N3O2S. The van der Waals surface area contributed by atoms with Crippen LogP contribution in [-0.2, 0) is 22.4 Å². The Kier molecular flexibility index (Phi) is 7.01. The lowest BCUT2D eigenvalue weighted by Gasteiger charge is -2.34. The Morgan fingerprint density at radius 2 is 1.78 bits per heavy atom. The summed E-state index contributed by atoms with van der Waals surface area (Å²) in [6.45, 7) is 6.04. The van der Waals surface area contributed by atoms with Crippen LogP contribution >= 0.6 is 11.3 Å². The molecule has 6 heteroatoms. The predicted octanol–water partition coefficient (Wildman–Crippen LogP) is 3.03. The van der Waals surface area contributed by atoms with Crippen molar-refractivity contribution < 1.29 is 9.59 Å². The summed E-state index contributed by atoms with van der Waals surface area (Å²) in [7, 11) is 0. The number of nitrogens with zero attached hydrogens (tertiary/aromatic N) is 2. The number of thiophene rings is 1. The molecule has 5 nitrogen and oxygen atoms in total. The van der Waals surface area contributed by atoms with Gasteiger partial charge in [0.1, 0.15) is 0 Å². The van der Waals surface area contributed by atoms with Gasteiger partial charge in [0.15, 0.2) is 0 Å². The van der Waals surface area contributed by atoms with Gasteiger partial charge in [-0.1, -0.05) is 18.2 Å². The molecular weight excluding hydrogens is 358 g/mol. The number of hydrogen-bond donors (Lipinski definition) is 1. The minimum atomic E-state index is -0.0504. The van der Waals surface area contributed by atoms with Gasteiger partial charge in [-0.05, 0) is 42.0 Å². The molecule has 1 aromatic heterocycles. The molecule has 0 unspecified atom stereocenters. The molecule has 2 amide bonds. The van der Waals surface area contributed by atoms with Crippen molar-refractivity contribution in [2.24, 2.45) is 0 Å². The van der Waals surface area contributed by atoms with E-state index in [1.807, 2.05) is 23.1 Å². The third-order valence-corrected chi connectivity index (χ3v) is 5.82. The zero-order valence-corrected chi connectivity index (χ0v) is 16.6. The maximum atomic E-state index is 12.4. The lowest BCUT2D eigenvalue weighted by atomic mass is 10.1. The van der Waals surface area contributed by atoms with Crippen LogP contribution in [0.15, 0.2) is 41.8 Å². The van der Waals surface area contributed by atoms with E-state index >= 15 is 0 Å². The molecule has 0 spiro atoms. The summed E-state index contributed by atoms with van der Waals surface area (Å²) in [5, 5.41) is 4.85. The summed E-state index contributed by atoms with van der Waals surface area (Å²) in [5.41, 5.74) is 2.10. The van der Waals surface area contributed by atoms with Gasteiger partial charge in [-0.15, -0.1) is 11.3 Å². The quantitative estimate of drug-likeness (QED) is 0.797. The van der Waals surface area contributed by atoms with Crippen LogP contribution in [0.1, 0.15) is 23.8 Å². The molecule has 1 aliphatic heterocycles. The molecule has 1 saturated heterocycles. The summed E-state index contributed by atoms with van der Waals surface area (Å²) in [4.78, 5) is 29.1. The molecule has 0 bridgehead atoms. The zero-order chi connectivity index (χ0) is 19.1. The number of benzene rings is 1. The molecule has 0 aliphatic carbocycles. The van der Waals surface area contributed by atoms with Crippen LogP contribution in [0.2, 0.25) is 0 Å². The van der Waals surface area contributed by atoms with Crippen molar-refractivity contribution in [2.45, 2.75) is 26.2 Å². The van der Waals surface area contributed by atoms with Crippen molar-refractivity contribution in [2.75, 3.05) is 38.0 Å². The number of amides is 2. The van der Waals surface area contributed by atoms with E-state index in [-0.39, 0.29) is 11.8 Å². The fraction of sp³-hybridized carbons (Fsp3) is 0.429. The van der Waals surface area contributed by atoms with Crippen molar-refractivity contribution in [1.82, 2.24) is 9.80 Å². The topological polar surface area (TPSA) is 52.7 Å². The third-order valence-electron chi connectivity index (χ3n) is 4.88. The Balaban J connectivity index is 1.36. The maximum absolute atomic E-state index is 12.4. The van der Waals surface area contributed by atoms with Crippen molar-refractivity contribution in [3.63, 3.8) is 0 Å². The average Bonchev–Trinajstić information content (AvgIpc) is 3.19. The third kappa shape index (κ3) is 6.19.